The van der Waals surface area contributed by atoms with Crippen LogP contribution >= 0.6 is 11.6 Å². The second kappa shape index (κ2) is 5.69. The highest BCUT2D eigenvalue weighted by molar-refractivity contribution is 6.35. The summed E-state index contributed by atoms with van der Waals surface area (Å²) >= 11 is 6.07. The molecule has 2 N–H and O–H groups in total. The molecule has 1 heterocycles. The van der Waals surface area contributed by atoms with Gasteiger partial charge in [0, 0.05) is 5.56 Å². The van der Waals surface area contributed by atoms with Gasteiger partial charge in [-0.3, -0.25) is 0 Å². The van der Waals surface area contributed by atoms with Gasteiger partial charge in [-0.2, -0.15) is 0 Å². The fourth-order valence-corrected chi connectivity index (χ4v) is 1.72. The van der Waals surface area contributed by atoms with Crippen molar-refractivity contribution in [1.29, 1.82) is 0 Å². The third kappa shape index (κ3) is 2.71. The maximum Gasteiger partial charge on any atom is 0.146 e. The van der Waals surface area contributed by atoms with E-state index in [9.17, 15) is 0 Å². The van der Waals surface area contributed by atoms with Crippen LogP contribution in [0, 0.1) is 0 Å². The molecule has 18 heavy (non-hydrogen) atoms. The van der Waals surface area contributed by atoms with E-state index in [1.165, 1.54) is 6.33 Å². The summed E-state index contributed by atoms with van der Waals surface area (Å²) in [7, 11) is 0. The fraction of sp³-hybridized carbons (Fsp3) is 0.231. The third-order valence-electron chi connectivity index (χ3n) is 2.42. The van der Waals surface area contributed by atoms with E-state index in [0.717, 1.165) is 17.7 Å². The molecule has 4 nitrogen and oxygen atoms in total. The Hall–Kier alpha value is -1.81. The molecule has 0 atom stereocenters. The van der Waals surface area contributed by atoms with Gasteiger partial charge >= 0.3 is 0 Å². The SMILES string of the molecule is CCCOc1ccc(-c2ncnc(N)c2Cl)cc1. The molecule has 0 amide bonds. The molecule has 0 aliphatic carbocycles. The van der Waals surface area contributed by atoms with E-state index in [4.69, 9.17) is 22.1 Å². The van der Waals surface area contributed by atoms with Crippen molar-refractivity contribution in [2.45, 2.75) is 13.3 Å². The predicted molar refractivity (Wildman–Crippen MR) is 72.7 cm³/mol. The highest BCUT2D eigenvalue weighted by Gasteiger charge is 2.08. The summed E-state index contributed by atoms with van der Waals surface area (Å²) in [6, 6.07) is 7.58. The molecule has 2 aromatic rings. The minimum atomic E-state index is 0.285. The average Bonchev–Trinajstić information content (AvgIpc) is 2.40. The second-order valence-electron chi connectivity index (χ2n) is 3.79. The smallest absolute Gasteiger partial charge is 0.146 e. The van der Waals surface area contributed by atoms with E-state index in [1.807, 2.05) is 24.3 Å². The Morgan fingerprint density at radius 2 is 1.94 bits per heavy atom. The molecule has 0 bridgehead atoms. The first-order valence-corrected chi connectivity index (χ1v) is 6.09. The maximum absolute atomic E-state index is 6.07. The molecule has 2 rings (SSSR count). The lowest BCUT2D eigenvalue weighted by molar-refractivity contribution is 0.317. The van der Waals surface area contributed by atoms with Gasteiger partial charge in [0.05, 0.1) is 12.3 Å². The average molecular weight is 264 g/mol. The van der Waals surface area contributed by atoms with E-state index < -0.39 is 0 Å². The topological polar surface area (TPSA) is 61.0 Å². The molecule has 0 radical (unpaired) electrons. The molecule has 1 aromatic heterocycles. The Morgan fingerprint density at radius 3 is 2.61 bits per heavy atom. The van der Waals surface area contributed by atoms with Gasteiger partial charge in [0.1, 0.15) is 22.9 Å². The second-order valence-corrected chi connectivity index (χ2v) is 4.17. The Kier molecular flexibility index (Phi) is 3.99. The van der Waals surface area contributed by atoms with E-state index in [-0.39, 0.29) is 5.82 Å². The number of halogens is 1. The molecule has 0 saturated carbocycles. The lowest BCUT2D eigenvalue weighted by atomic mass is 10.1. The first-order chi connectivity index (χ1) is 8.72. The number of anilines is 1. The Labute approximate surface area is 111 Å². The van der Waals surface area contributed by atoms with Crippen LogP contribution in [0.5, 0.6) is 5.75 Å². The number of nitrogen functional groups attached to an aromatic ring is 1. The van der Waals surface area contributed by atoms with Crippen molar-refractivity contribution in [3.8, 4) is 17.0 Å². The zero-order valence-electron chi connectivity index (χ0n) is 10.1. The zero-order chi connectivity index (χ0) is 13.0. The van der Waals surface area contributed by atoms with Gasteiger partial charge < -0.3 is 10.5 Å². The molecular formula is C13H14ClN3O. The molecule has 5 heteroatoms. The summed E-state index contributed by atoms with van der Waals surface area (Å²) < 4.78 is 5.51. The molecule has 0 unspecified atom stereocenters. The number of ether oxygens (including phenoxy) is 1. The van der Waals surface area contributed by atoms with Crippen LogP contribution in [0.3, 0.4) is 0 Å². The van der Waals surface area contributed by atoms with Crippen molar-refractivity contribution < 1.29 is 4.74 Å². The predicted octanol–water partition coefficient (Wildman–Crippen LogP) is 3.17. The van der Waals surface area contributed by atoms with Crippen LogP contribution in [0.2, 0.25) is 5.02 Å². The van der Waals surface area contributed by atoms with Crippen LogP contribution in [0.25, 0.3) is 11.3 Å². The molecule has 1 aromatic carbocycles. The largest absolute Gasteiger partial charge is 0.494 e. The van der Waals surface area contributed by atoms with Gasteiger partial charge in [0.25, 0.3) is 0 Å². The van der Waals surface area contributed by atoms with E-state index in [0.29, 0.717) is 17.3 Å². The normalized spacial score (nSPS) is 10.3. The number of aromatic nitrogens is 2. The zero-order valence-corrected chi connectivity index (χ0v) is 10.8. The standard InChI is InChI=1S/C13H14ClN3O/c1-2-7-18-10-5-3-9(4-6-10)12-11(14)13(15)17-8-16-12/h3-6,8H,2,7H2,1H3,(H2,15,16,17). The third-order valence-corrected chi connectivity index (χ3v) is 2.79. The highest BCUT2D eigenvalue weighted by Crippen LogP contribution is 2.29. The van der Waals surface area contributed by atoms with Crippen molar-refractivity contribution in [3.63, 3.8) is 0 Å². The van der Waals surface area contributed by atoms with Crippen molar-refractivity contribution in [2.75, 3.05) is 12.3 Å². The Bertz CT molecular complexity index is 528. The number of nitrogens with zero attached hydrogens (tertiary/aromatic N) is 2. The molecule has 0 aliphatic heterocycles. The summed E-state index contributed by atoms with van der Waals surface area (Å²) in [5, 5.41) is 0.375. The first-order valence-electron chi connectivity index (χ1n) is 5.71. The first kappa shape index (κ1) is 12.6. The van der Waals surface area contributed by atoms with Gasteiger partial charge in [-0.05, 0) is 30.7 Å². The van der Waals surface area contributed by atoms with Crippen LogP contribution < -0.4 is 10.5 Å². The Morgan fingerprint density at radius 1 is 1.22 bits per heavy atom. The van der Waals surface area contributed by atoms with Crippen LogP contribution in [0.1, 0.15) is 13.3 Å². The summed E-state index contributed by atoms with van der Waals surface area (Å²) in [6.45, 7) is 2.78. The minimum absolute atomic E-state index is 0.285. The number of hydrogen-bond donors (Lipinski definition) is 1. The van der Waals surface area contributed by atoms with Crippen LogP contribution in [0.4, 0.5) is 5.82 Å². The lowest BCUT2D eigenvalue weighted by Gasteiger charge is -2.07. The highest BCUT2D eigenvalue weighted by atomic mass is 35.5. The van der Waals surface area contributed by atoms with Crippen molar-refractivity contribution in [2.24, 2.45) is 0 Å². The molecule has 0 aliphatic rings. The van der Waals surface area contributed by atoms with Gasteiger partial charge in [-0.15, -0.1) is 0 Å². The molecule has 0 spiro atoms. The van der Waals surface area contributed by atoms with Gasteiger partial charge in [0.2, 0.25) is 0 Å². The molecule has 0 saturated heterocycles. The summed E-state index contributed by atoms with van der Waals surface area (Å²) in [5.74, 6) is 1.12. The summed E-state index contributed by atoms with van der Waals surface area (Å²) in [5.41, 5.74) is 7.16. The van der Waals surface area contributed by atoms with Gasteiger partial charge in [-0.1, -0.05) is 18.5 Å². The summed E-state index contributed by atoms with van der Waals surface area (Å²) in [6.07, 6.45) is 2.38. The van der Waals surface area contributed by atoms with Crippen LogP contribution in [-0.2, 0) is 0 Å². The fourth-order valence-electron chi connectivity index (χ4n) is 1.51. The van der Waals surface area contributed by atoms with Gasteiger partial charge in [0.15, 0.2) is 0 Å². The van der Waals surface area contributed by atoms with Crippen molar-refractivity contribution in [3.05, 3.63) is 35.6 Å². The minimum Gasteiger partial charge on any atom is -0.494 e. The molecular weight excluding hydrogens is 250 g/mol. The quantitative estimate of drug-likeness (QED) is 0.920. The van der Waals surface area contributed by atoms with Crippen LogP contribution in [-0.4, -0.2) is 16.6 Å². The van der Waals surface area contributed by atoms with E-state index >= 15 is 0 Å². The maximum atomic E-state index is 6.07. The number of rotatable bonds is 4. The van der Waals surface area contributed by atoms with E-state index in [2.05, 4.69) is 16.9 Å². The van der Waals surface area contributed by atoms with Crippen LogP contribution in [0.15, 0.2) is 30.6 Å². The molecule has 0 fully saturated rings. The number of hydrogen-bond acceptors (Lipinski definition) is 4. The van der Waals surface area contributed by atoms with E-state index in [1.54, 1.807) is 0 Å². The lowest BCUT2D eigenvalue weighted by Crippen LogP contribution is -1.96. The Balaban J connectivity index is 2.26. The van der Waals surface area contributed by atoms with Crippen molar-refractivity contribution >= 4 is 17.4 Å². The molecule has 94 valence electrons. The summed E-state index contributed by atoms with van der Waals surface area (Å²) in [4.78, 5) is 7.97. The van der Waals surface area contributed by atoms with Crippen molar-refractivity contribution in [1.82, 2.24) is 9.97 Å². The monoisotopic (exact) mass is 263 g/mol. The number of nitrogens with two attached hydrogens (primary N) is 1. The van der Waals surface area contributed by atoms with Gasteiger partial charge in [-0.25, -0.2) is 9.97 Å². The number of benzene rings is 1.